The van der Waals surface area contributed by atoms with Crippen molar-refractivity contribution in [2.45, 2.75) is 0 Å². The predicted molar refractivity (Wildman–Crippen MR) is 50.2 cm³/mol. The summed E-state index contributed by atoms with van der Waals surface area (Å²) in [6, 6.07) is 3.44. The van der Waals surface area contributed by atoms with Crippen LogP contribution < -0.4 is 5.73 Å². The van der Waals surface area contributed by atoms with Gasteiger partial charge in [-0.05, 0) is 12.1 Å². The molecule has 2 aromatic heterocycles. The Morgan fingerprint density at radius 3 is 2.79 bits per heavy atom. The minimum Gasteiger partial charge on any atom is -0.382 e. The molecule has 70 valence electrons. The van der Waals surface area contributed by atoms with Gasteiger partial charge in [-0.1, -0.05) is 0 Å². The lowest BCUT2D eigenvalue weighted by atomic mass is 10.3. The second-order valence-electron chi connectivity index (χ2n) is 2.66. The van der Waals surface area contributed by atoms with Crippen LogP contribution in [-0.4, -0.2) is 25.6 Å². The standard InChI is InChI=1S/C8H8N6/c9-8(10)7-2-1-6(3-12-7)14-5-11-4-13-14/h1-5H,(H3,9,10). The van der Waals surface area contributed by atoms with Crippen LogP contribution in [0.25, 0.3) is 5.69 Å². The molecule has 6 heteroatoms. The largest absolute Gasteiger partial charge is 0.382 e. The SMILES string of the molecule is N=C(N)c1ccc(-n2cncn2)cn1. The Balaban J connectivity index is 2.36. The Bertz CT molecular complexity index is 429. The molecule has 0 aliphatic rings. The third-order valence-corrected chi connectivity index (χ3v) is 1.71. The zero-order chi connectivity index (χ0) is 9.97. The van der Waals surface area contributed by atoms with Crippen LogP contribution in [0.1, 0.15) is 5.69 Å². The van der Waals surface area contributed by atoms with Gasteiger partial charge in [0.2, 0.25) is 0 Å². The van der Waals surface area contributed by atoms with E-state index in [9.17, 15) is 0 Å². The summed E-state index contributed by atoms with van der Waals surface area (Å²) in [4.78, 5) is 7.81. The number of nitrogens with zero attached hydrogens (tertiary/aromatic N) is 4. The Labute approximate surface area is 79.9 Å². The van der Waals surface area contributed by atoms with E-state index in [0.717, 1.165) is 5.69 Å². The molecule has 0 spiro atoms. The van der Waals surface area contributed by atoms with Crippen molar-refractivity contribution in [3.8, 4) is 5.69 Å². The molecule has 0 aromatic carbocycles. The highest BCUT2D eigenvalue weighted by atomic mass is 15.3. The Hall–Kier alpha value is -2.24. The predicted octanol–water partition coefficient (Wildman–Crippen LogP) is -0.0536. The molecule has 0 bridgehead atoms. The minimum atomic E-state index is -0.0462. The van der Waals surface area contributed by atoms with Crippen molar-refractivity contribution in [1.82, 2.24) is 19.7 Å². The van der Waals surface area contributed by atoms with Gasteiger partial charge in [0.05, 0.1) is 11.9 Å². The topological polar surface area (TPSA) is 93.5 Å². The quantitative estimate of drug-likeness (QED) is 0.510. The lowest BCUT2D eigenvalue weighted by Gasteiger charge is -2.00. The molecule has 0 amide bonds. The number of aromatic nitrogens is 4. The van der Waals surface area contributed by atoms with Crippen molar-refractivity contribution in [2.75, 3.05) is 0 Å². The summed E-state index contributed by atoms with van der Waals surface area (Å²) < 4.78 is 1.58. The average Bonchev–Trinajstić information content (AvgIpc) is 2.71. The molecule has 0 aliphatic carbocycles. The molecular weight excluding hydrogens is 180 g/mol. The van der Waals surface area contributed by atoms with Crippen molar-refractivity contribution >= 4 is 5.84 Å². The van der Waals surface area contributed by atoms with Crippen LogP contribution in [0.3, 0.4) is 0 Å². The summed E-state index contributed by atoms with van der Waals surface area (Å²) in [5.41, 5.74) is 6.51. The summed E-state index contributed by atoms with van der Waals surface area (Å²) in [6.45, 7) is 0. The summed E-state index contributed by atoms with van der Waals surface area (Å²) in [5.74, 6) is -0.0462. The summed E-state index contributed by atoms with van der Waals surface area (Å²) in [6.07, 6.45) is 4.61. The van der Waals surface area contributed by atoms with Gasteiger partial charge in [0.1, 0.15) is 24.2 Å². The average molecular weight is 188 g/mol. The van der Waals surface area contributed by atoms with E-state index < -0.39 is 0 Å². The fraction of sp³-hybridized carbons (Fsp3) is 0. The first kappa shape index (κ1) is 8.36. The molecule has 0 saturated carbocycles. The first-order valence-corrected chi connectivity index (χ1v) is 3.93. The van der Waals surface area contributed by atoms with Gasteiger partial charge >= 0.3 is 0 Å². The van der Waals surface area contributed by atoms with Crippen LogP contribution in [0.2, 0.25) is 0 Å². The maximum Gasteiger partial charge on any atom is 0.141 e. The van der Waals surface area contributed by atoms with E-state index in [4.69, 9.17) is 11.1 Å². The van der Waals surface area contributed by atoms with Crippen LogP contribution >= 0.6 is 0 Å². The van der Waals surface area contributed by atoms with E-state index in [2.05, 4.69) is 15.1 Å². The van der Waals surface area contributed by atoms with Gasteiger partial charge in [0, 0.05) is 0 Å². The van der Waals surface area contributed by atoms with Crippen LogP contribution in [-0.2, 0) is 0 Å². The second-order valence-corrected chi connectivity index (χ2v) is 2.66. The van der Waals surface area contributed by atoms with Crippen LogP contribution in [0.15, 0.2) is 31.0 Å². The molecule has 6 nitrogen and oxygen atoms in total. The zero-order valence-electron chi connectivity index (χ0n) is 7.25. The highest BCUT2D eigenvalue weighted by molar-refractivity contribution is 5.92. The third-order valence-electron chi connectivity index (χ3n) is 1.71. The highest BCUT2D eigenvalue weighted by Crippen LogP contribution is 2.03. The number of nitrogens with two attached hydrogens (primary N) is 1. The maximum absolute atomic E-state index is 7.16. The van der Waals surface area contributed by atoms with Crippen molar-refractivity contribution in [1.29, 1.82) is 5.41 Å². The lowest BCUT2D eigenvalue weighted by molar-refractivity contribution is 0.871. The van der Waals surface area contributed by atoms with Gasteiger partial charge in [-0.2, -0.15) is 5.10 Å². The molecule has 0 atom stereocenters. The molecule has 14 heavy (non-hydrogen) atoms. The Morgan fingerprint density at radius 2 is 2.29 bits per heavy atom. The van der Waals surface area contributed by atoms with Gasteiger partial charge in [0.25, 0.3) is 0 Å². The van der Waals surface area contributed by atoms with E-state index in [1.807, 2.05) is 0 Å². The van der Waals surface area contributed by atoms with E-state index in [0.29, 0.717) is 5.69 Å². The molecule has 0 radical (unpaired) electrons. The van der Waals surface area contributed by atoms with E-state index >= 15 is 0 Å². The number of amidine groups is 1. The number of rotatable bonds is 2. The number of hydrogen-bond donors (Lipinski definition) is 2. The Morgan fingerprint density at radius 1 is 1.43 bits per heavy atom. The van der Waals surface area contributed by atoms with Gasteiger partial charge in [-0.15, -0.1) is 0 Å². The van der Waals surface area contributed by atoms with Crippen LogP contribution in [0.5, 0.6) is 0 Å². The van der Waals surface area contributed by atoms with Gasteiger partial charge in [0.15, 0.2) is 0 Å². The lowest BCUT2D eigenvalue weighted by Crippen LogP contribution is -2.13. The normalized spacial score (nSPS) is 10.0. The molecular formula is C8H8N6. The molecule has 0 aliphatic heterocycles. The van der Waals surface area contributed by atoms with Gasteiger partial charge < -0.3 is 5.73 Å². The molecule has 2 aromatic rings. The van der Waals surface area contributed by atoms with Crippen LogP contribution in [0.4, 0.5) is 0 Å². The second kappa shape index (κ2) is 3.25. The van der Waals surface area contributed by atoms with Crippen molar-refractivity contribution in [3.63, 3.8) is 0 Å². The fourth-order valence-corrected chi connectivity index (χ4v) is 1.02. The number of hydrogen-bond acceptors (Lipinski definition) is 4. The molecule has 0 fully saturated rings. The monoisotopic (exact) mass is 188 g/mol. The summed E-state index contributed by atoms with van der Waals surface area (Å²) in [5, 5.41) is 11.1. The summed E-state index contributed by atoms with van der Waals surface area (Å²) >= 11 is 0. The summed E-state index contributed by atoms with van der Waals surface area (Å²) in [7, 11) is 0. The molecule has 2 rings (SSSR count). The minimum absolute atomic E-state index is 0.0462. The van der Waals surface area contributed by atoms with E-state index in [-0.39, 0.29) is 5.84 Å². The van der Waals surface area contributed by atoms with E-state index in [1.54, 1.807) is 29.3 Å². The fourth-order valence-electron chi connectivity index (χ4n) is 1.02. The van der Waals surface area contributed by atoms with Crippen LogP contribution in [0, 0.1) is 5.41 Å². The van der Waals surface area contributed by atoms with Gasteiger partial charge in [-0.3, -0.25) is 10.4 Å². The van der Waals surface area contributed by atoms with Gasteiger partial charge in [-0.25, -0.2) is 9.67 Å². The third kappa shape index (κ3) is 1.45. The maximum atomic E-state index is 7.16. The van der Waals surface area contributed by atoms with Crippen molar-refractivity contribution < 1.29 is 0 Å². The first-order chi connectivity index (χ1) is 6.77. The van der Waals surface area contributed by atoms with Crippen molar-refractivity contribution in [2.24, 2.45) is 5.73 Å². The number of nitrogens with one attached hydrogen (secondary N) is 1. The smallest absolute Gasteiger partial charge is 0.141 e. The molecule has 0 saturated heterocycles. The van der Waals surface area contributed by atoms with E-state index in [1.165, 1.54) is 6.33 Å². The zero-order valence-corrected chi connectivity index (χ0v) is 7.25. The number of nitrogen functional groups attached to an aromatic ring is 1. The highest BCUT2D eigenvalue weighted by Gasteiger charge is 1.99. The first-order valence-electron chi connectivity index (χ1n) is 3.93. The molecule has 0 unspecified atom stereocenters. The Kier molecular flexibility index (Phi) is 1.94. The number of pyridine rings is 1. The molecule has 3 N–H and O–H groups in total. The van der Waals surface area contributed by atoms with Crippen molar-refractivity contribution in [3.05, 3.63) is 36.7 Å². The molecule has 2 heterocycles.